The Morgan fingerprint density at radius 3 is 2.60 bits per heavy atom. The number of benzene rings is 2. The number of aliphatic hydroxyl groups is 1. The molecule has 0 aliphatic rings. The molecule has 0 aliphatic carbocycles. The predicted octanol–water partition coefficient (Wildman–Crippen LogP) is 2.82. The maximum absolute atomic E-state index is 11.6. The minimum Gasteiger partial charge on any atom is -0.507 e. The number of carbonyl (C=O) groups is 1. The first-order chi connectivity index (χ1) is 12.0. The van der Waals surface area contributed by atoms with Crippen LogP contribution in [0.1, 0.15) is 40.9 Å². The first-order valence-corrected chi connectivity index (χ1v) is 8.38. The smallest absolute Gasteiger partial charge is 0.341 e. The van der Waals surface area contributed by atoms with Crippen molar-refractivity contribution in [2.75, 3.05) is 13.7 Å². The molecule has 0 saturated carbocycles. The zero-order valence-electron chi connectivity index (χ0n) is 14.6. The lowest BCUT2D eigenvalue weighted by Crippen LogP contribution is -2.30. The van der Waals surface area contributed by atoms with Gasteiger partial charge in [-0.05, 0) is 43.0 Å². The van der Waals surface area contributed by atoms with Crippen molar-refractivity contribution in [2.24, 2.45) is 0 Å². The van der Waals surface area contributed by atoms with Gasteiger partial charge >= 0.3 is 5.97 Å². The Kier molecular flexibility index (Phi) is 6.98. The number of rotatable bonds is 8. The van der Waals surface area contributed by atoms with Crippen molar-refractivity contribution in [3.63, 3.8) is 0 Å². The average Bonchev–Trinajstić information content (AvgIpc) is 2.65. The van der Waals surface area contributed by atoms with E-state index in [0.29, 0.717) is 12.1 Å². The summed E-state index contributed by atoms with van der Waals surface area (Å²) in [4.78, 5) is 11.6. The summed E-state index contributed by atoms with van der Waals surface area (Å²) in [6, 6.07) is 15.0. The maximum Gasteiger partial charge on any atom is 0.341 e. The fourth-order valence-electron chi connectivity index (χ4n) is 2.59. The molecule has 25 heavy (non-hydrogen) atoms. The van der Waals surface area contributed by atoms with E-state index in [1.165, 1.54) is 24.8 Å². The van der Waals surface area contributed by atoms with Crippen LogP contribution in [0.25, 0.3) is 0 Å². The Morgan fingerprint density at radius 1 is 1.20 bits per heavy atom. The van der Waals surface area contributed by atoms with Crippen LogP contribution in [0.2, 0.25) is 0 Å². The Bertz CT molecular complexity index is 687. The van der Waals surface area contributed by atoms with E-state index in [2.05, 4.69) is 29.1 Å². The Morgan fingerprint density at radius 2 is 1.92 bits per heavy atom. The highest BCUT2D eigenvalue weighted by molar-refractivity contribution is 5.92. The molecular formula is C20H25NO4. The van der Waals surface area contributed by atoms with E-state index in [9.17, 15) is 15.0 Å². The van der Waals surface area contributed by atoms with Gasteiger partial charge in [-0.25, -0.2) is 4.79 Å². The lowest BCUT2D eigenvalue weighted by Gasteiger charge is -2.18. The molecule has 5 heteroatoms. The first kappa shape index (κ1) is 19.0. The van der Waals surface area contributed by atoms with Gasteiger partial charge in [0.1, 0.15) is 11.3 Å². The molecule has 0 aromatic heterocycles. The minimum atomic E-state index is -0.775. The van der Waals surface area contributed by atoms with Gasteiger partial charge in [-0.15, -0.1) is 0 Å². The molecule has 3 N–H and O–H groups in total. The predicted molar refractivity (Wildman–Crippen MR) is 96.6 cm³/mol. The lowest BCUT2D eigenvalue weighted by molar-refractivity contribution is 0.0597. The zero-order chi connectivity index (χ0) is 18.2. The SMILES string of the molecule is COC(=O)c1cc([C@@H](O)CN[C@@H](C)CCc2ccccc2)ccc1O. The van der Waals surface area contributed by atoms with Crippen LogP contribution in [0.15, 0.2) is 48.5 Å². The molecule has 5 nitrogen and oxygen atoms in total. The first-order valence-electron chi connectivity index (χ1n) is 8.38. The molecule has 0 unspecified atom stereocenters. The number of hydrogen-bond donors (Lipinski definition) is 3. The van der Waals surface area contributed by atoms with Crippen LogP contribution < -0.4 is 5.32 Å². The lowest BCUT2D eigenvalue weighted by atomic mass is 10.0. The van der Waals surface area contributed by atoms with Crippen LogP contribution in [-0.2, 0) is 11.2 Å². The van der Waals surface area contributed by atoms with E-state index in [-0.39, 0.29) is 17.4 Å². The molecule has 2 rings (SSSR count). The summed E-state index contributed by atoms with van der Waals surface area (Å²) in [7, 11) is 1.25. The molecule has 0 radical (unpaired) electrons. The fraction of sp³-hybridized carbons (Fsp3) is 0.350. The highest BCUT2D eigenvalue weighted by atomic mass is 16.5. The van der Waals surface area contributed by atoms with Crippen molar-refractivity contribution in [3.8, 4) is 5.75 Å². The third kappa shape index (κ3) is 5.59. The summed E-state index contributed by atoms with van der Waals surface area (Å²) in [6.45, 7) is 2.44. The summed E-state index contributed by atoms with van der Waals surface area (Å²) in [5.41, 5.74) is 1.90. The number of nitrogens with one attached hydrogen (secondary N) is 1. The average molecular weight is 343 g/mol. The summed E-state index contributed by atoms with van der Waals surface area (Å²) in [5.74, 6) is -0.789. The van der Waals surface area contributed by atoms with E-state index in [1.807, 2.05) is 18.2 Å². The second-order valence-corrected chi connectivity index (χ2v) is 6.12. The van der Waals surface area contributed by atoms with Crippen molar-refractivity contribution in [1.29, 1.82) is 0 Å². The van der Waals surface area contributed by atoms with Crippen molar-refractivity contribution >= 4 is 5.97 Å². The standard InChI is InChI=1S/C20H25NO4/c1-14(8-9-15-6-4-3-5-7-15)21-13-19(23)16-10-11-18(22)17(12-16)20(24)25-2/h3-7,10-12,14,19,21-23H,8-9,13H2,1-2H3/t14-,19-/m0/s1. The molecule has 0 fully saturated rings. The topological polar surface area (TPSA) is 78.8 Å². The molecule has 0 spiro atoms. The van der Waals surface area contributed by atoms with Crippen molar-refractivity contribution in [3.05, 3.63) is 65.2 Å². The van der Waals surface area contributed by atoms with Crippen LogP contribution in [0.3, 0.4) is 0 Å². The third-order valence-electron chi connectivity index (χ3n) is 4.18. The van der Waals surface area contributed by atoms with E-state index < -0.39 is 12.1 Å². The third-order valence-corrected chi connectivity index (χ3v) is 4.18. The van der Waals surface area contributed by atoms with Gasteiger partial charge in [0.25, 0.3) is 0 Å². The highest BCUT2D eigenvalue weighted by Gasteiger charge is 2.16. The van der Waals surface area contributed by atoms with Crippen LogP contribution >= 0.6 is 0 Å². The van der Waals surface area contributed by atoms with Crippen LogP contribution in [0.5, 0.6) is 5.75 Å². The van der Waals surface area contributed by atoms with E-state index in [1.54, 1.807) is 6.07 Å². The van der Waals surface area contributed by atoms with Gasteiger partial charge < -0.3 is 20.3 Å². The van der Waals surface area contributed by atoms with Gasteiger partial charge in [0.05, 0.1) is 13.2 Å². The number of aliphatic hydroxyl groups excluding tert-OH is 1. The normalized spacial score (nSPS) is 13.2. The number of aromatic hydroxyl groups is 1. The molecule has 2 aromatic rings. The molecule has 0 amide bonds. The Balaban J connectivity index is 1.87. The monoisotopic (exact) mass is 343 g/mol. The van der Waals surface area contributed by atoms with Gasteiger partial charge in [0, 0.05) is 12.6 Å². The number of esters is 1. The van der Waals surface area contributed by atoms with Gasteiger partial charge in [0.2, 0.25) is 0 Å². The summed E-state index contributed by atoms with van der Waals surface area (Å²) in [5, 5.41) is 23.3. The van der Waals surface area contributed by atoms with E-state index in [0.717, 1.165) is 12.8 Å². The summed E-state index contributed by atoms with van der Waals surface area (Å²) >= 11 is 0. The number of methoxy groups -OCH3 is 1. The Labute approximate surface area is 148 Å². The number of phenols is 1. The highest BCUT2D eigenvalue weighted by Crippen LogP contribution is 2.23. The van der Waals surface area contributed by atoms with Crippen LogP contribution in [-0.4, -0.2) is 35.9 Å². The van der Waals surface area contributed by atoms with Gasteiger partial charge in [-0.3, -0.25) is 0 Å². The number of hydrogen-bond acceptors (Lipinski definition) is 5. The fourth-order valence-corrected chi connectivity index (χ4v) is 2.59. The Hall–Kier alpha value is -2.37. The molecule has 0 bridgehead atoms. The molecule has 0 aliphatic heterocycles. The molecule has 0 heterocycles. The molecule has 0 saturated heterocycles. The van der Waals surface area contributed by atoms with E-state index >= 15 is 0 Å². The summed E-state index contributed by atoms with van der Waals surface area (Å²) < 4.78 is 4.63. The molecular weight excluding hydrogens is 318 g/mol. The number of aryl methyl sites for hydroxylation is 1. The quantitative estimate of drug-likeness (QED) is 0.643. The number of ether oxygens (including phenoxy) is 1. The molecule has 134 valence electrons. The van der Waals surface area contributed by atoms with Crippen molar-refractivity contribution in [2.45, 2.75) is 31.9 Å². The number of phenolic OH excluding ortho intramolecular Hbond substituents is 1. The molecule has 2 aromatic carbocycles. The minimum absolute atomic E-state index is 0.0520. The van der Waals surface area contributed by atoms with E-state index in [4.69, 9.17) is 0 Å². The second-order valence-electron chi connectivity index (χ2n) is 6.12. The van der Waals surface area contributed by atoms with Gasteiger partial charge in [0.15, 0.2) is 0 Å². The van der Waals surface area contributed by atoms with Crippen LogP contribution in [0.4, 0.5) is 0 Å². The maximum atomic E-state index is 11.6. The van der Waals surface area contributed by atoms with Crippen molar-refractivity contribution < 1.29 is 19.7 Å². The molecule has 2 atom stereocenters. The van der Waals surface area contributed by atoms with Gasteiger partial charge in [-0.1, -0.05) is 36.4 Å². The van der Waals surface area contributed by atoms with Gasteiger partial charge in [-0.2, -0.15) is 0 Å². The summed E-state index contributed by atoms with van der Waals surface area (Å²) in [6.07, 6.45) is 1.15. The zero-order valence-corrected chi connectivity index (χ0v) is 14.6. The number of carbonyl (C=O) groups excluding carboxylic acids is 1. The largest absolute Gasteiger partial charge is 0.507 e. The second kappa shape index (κ2) is 9.20. The van der Waals surface area contributed by atoms with Crippen molar-refractivity contribution in [1.82, 2.24) is 5.32 Å². The van der Waals surface area contributed by atoms with Crippen LogP contribution in [0, 0.1) is 0 Å².